The van der Waals surface area contributed by atoms with Crippen LogP contribution < -0.4 is 10.2 Å². The third-order valence-electron chi connectivity index (χ3n) is 4.48. The van der Waals surface area contributed by atoms with Crippen molar-refractivity contribution in [3.63, 3.8) is 0 Å². The molecule has 2 atom stereocenters. The van der Waals surface area contributed by atoms with Crippen LogP contribution in [0, 0.1) is 5.92 Å². The van der Waals surface area contributed by atoms with Gasteiger partial charge in [0.15, 0.2) is 0 Å². The van der Waals surface area contributed by atoms with E-state index in [0.717, 1.165) is 17.7 Å². The molecule has 5 nitrogen and oxygen atoms in total. The smallest absolute Gasteiger partial charge is 0.316 e. The van der Waals surface area contributed by atoms with E-state index in [4.69, 9.17) is 0 Å². The minimum atomic E-state index is -0.606. The molecule has 0 aliphatic carbocycles. The van der Waals surface area contributed by atoms with E-state index in [9.17, 15) is 14.7 Å². The van der Waals surface area contributed by atoms with Crippen LogP contribution in [-0.2, 0) is 9.59 Å². The Bertz CT molecular complexity index is 571. The Morgan fingerprint density at radius 2 is 2.04 bits per heavy atom. The molecule has 126 valence electrons. The van der Waals surface area contributed by atoms with Crippen molar-refractivity contribution in [3.8, 4) is 0 Å². The highest BCUT2D eigenvalue weighted by Crippen LogP contribution is 2.34. The van der Waals surface area contributed by atoms with Gasteiger partial charge in [-0.1, -0.05) is 39.0 Å². The van der Waals surface area contributed by atoms with Gasteiger partial charge in [0, 0.05) is 18.8 Å². The van der Waals surface area contributed by atoms with Crippen LogP contribution in [0.25, 0.3) is 0 Å². The second-order valence-electron chi connectivity index (χ2n) is 6.56. The van der Waals surface area contributed by atoms with Gasteiger partial charge in [-0.05, 0) is 36.3 Å². The molecule has 0 aromatic heterocycles. The number of nitrogens with one attached hydrogen (secondary N) is 1. The van der Waals surface area contributed by atoms with Gasteiger partial charge in [0.25, 0.3) is 0 Å². The fourth-order valence-electron chi connectivity index (χ4n) is 2.82. The van der Waals surface area contributed by atoms with Crippen LogP contribution in [0.4, 0.5) is 5.69 Å². The molecule has 2 amide bonds. The minimum Gasteiger partial charge on any atom is -0.393 e. The number of rotatable bonds is 4. The predicted octanol–water partition coefficient (Wildman–Crippen LogP) is 2.05. The Morgan fingerprint density at radius 3 is 2.74 bits per heavy atom. The van der Waals surface area contributed by atoms with Crippen molar-refractivity contribution in [1.29, 1.82) is 0 Å². The van der Waals surface area contributed by atoms with Gasteiger partial charge in [-0.2, -0.15) is 0 Å². The molecule has 2 rings (SSSR count). The molecule has 0 bridgehead atoms. The zero-order chi connectivity index (χ0) is 17.0. The zero-order valence-corrected chi connectivity index (χ0v) is 14.1. The summed E-state index contributed by atoms with van der Waals surface area (Å²) in [5.74, 6) is -0.605. The highest BCUT2D eigenvalue weighted by Gasteiger charge is 2.29. The molecule has 2 N–H and O–H groups in total. The number of para-hydroxylation sites is 1. The average molecular weight is 318 g/mol. The van der Waals surface area contributed by atoms with Crippen LogP contribution in [0.2, 0.25) is 0 Å². The molecule has 1 aliphatic rings. The lowest BCUT2D eigenvalue weighted by Crippen LogP contribution is -2.46. The molecule has 0 saturated heterocycles. The van der Waals surface area contributed by atoms with Gasteiger partial charge >= 0.3 is 11.8 Å². The third-order valence-corrected chi connectivity index (χ3v) is 4.48. The Hall–Kier alpha value is -1.88. The lowest BCUT2D eigenvalue weighted by Gasteiger charge is -2.32. The zero-order valence-electron chi connectivity index (χ0n) is 14.1. The maximum Gasteiger partial charge on any atom is 0.316 e. The minimum absolute atomic E-state index is 0.137. The van der Waals surface area contributed by atoms with E-state index in [1.165, 1.54) is 0 Å². The van der Waals surface area contributed by atoms with Crippen molar-refractivity contribution < 1.29 is 14.7 Å². The number of amides is 2. The van der Waals surface area contributed by atoms with Crippen LogP contribution in [0.15, 0.2) is 24.3 Å². The standard InChI is InChI=1S/C18H26N2O3/c1-12(2)16(21)8-10-19-17(22)18(23)20-11-9-13(3)14-6-4-5-7-15(14)20/h4-7,12-13,16,21H,8-11H2,1-3H3,(H,19,22). The quantitative estimate of drug-likeness (QED) is 0.835. The number of aliphatic hydroxyl groups is 1. The summed E-state index contributed by atoms with van der Waals surface area (Å²) in [6.45, 7) is 6.83. The van der Waals surface area contributed by atoms with Crippen molar-refractivity contribution in [1.82, 2.24) is 5.32 Å². The second kappa shape index (κ2) is 7.59. The molecule has 5 heteroatoms. The molecule has 1 heterocycles. The molecular formula is C18H26N2O3. The summed E-state index contributed by atoms with van der Waals surface area (Å²) in [7, 11) is 0. The Labute approximate surface area is 137 Å². The molecule has 1 aliphatic heterocycles. The van der Waals surface area contributed by atoms with E-state index in [1.807, 2.05) is 38.1 Å². The maximum absolute atomic E-state index is 12.4. The lowest BCUT2D eigenvalue weighted by atomic mass is 9.91. The first kappa shape index (κ1) is 17.5. The number of carbonyl (C=O) groups is 2. The SMILES string of the molecule is CC1CCN(C(=O)C(=O)NCCC(O)C(C)C)c2ccccc21. The van der Waals surface area contributed by atoms with Gasteiger partial charge in [0.2, 0.25) is 0 Å². The summed E-state index contributed by atoms with van der Waals surface area (Å²) in [4.78, 5) is 26.1. The average Bonchev–Trinajstić information content (AvgIpc) is 2.54. The van der Waals surface area contributed by atoms with Crippen molar-refractivity contribution in [2.45, 2.75) is 45.6 Å². The van der Waals surface area contributed by atoms with E-state index in [0.29, 0.717) is 25.4 Å². The van der Waals surface area contributed by atoms with Crippen LogP contribution in [-0.4, -0.2) is 36.1 Å². The van der Waals surface area contributed by atoms with Gasteiger partial charge < -0.3 is 15.3 Å². The second-order valence-corrected chi connectivity index (χ2v) is 6.56. The largest absolute Gasteiger partial charge is 0.393 e. The van der Waals surface area contributed by atoms with Crippen molar-refractivity contribution >= 4 is 17.5 Å². The van der Waals surface area contributed by atoms with Gasteiger partial charge in [0.1, 0.15) is 0 Å². The number of nitrogens with zero attached hydrogens (tertiary/aromatic N) is 1. The van der Waals surface area contributed by atoms with E-state index in [1.54, 1.807) is 4.90 Å². The maximum atomic E-state index is 12.4. The summed E-state index contributed by atoms with van der Waals surface area (Å²) in [6, 6.07) is 7.74. The van der Waals surface area contributed by atoms with Gasteiger partial charge in [-0.3, -0.25) is 9.59 Å². The predicted molar refractivity (Wildman–Crippen MR) is 90.3 cm³/mol. The number of hydrogen-bond donors (Lipinski definition) is 2. The van der Waals surface area contributed by atoms with Crippen molar-refractivity contribution in [3.05, 3.63) is 29.8 Å². The highest BCUT2D eigenvalue weighted by atomic mass is 16.3. The summed E-state index contributed by atoms with van der Waals surface area (Å²) in [5.41, 5.74) is 1.93. The molecule has 1 aromatic rings. The first-order chi connectivity index (χ1) is 10.9. The van der Waals surface area contributed by atoms with Crippen LogP contribution in [0.5, 0.6) is 0 Å². The van der Waals surface area contributed by atoms with Crippen LogP contribution in [0.3, 0.4) is 0 Å². The van der Waals surface area contributed by atoms with Gasteiger partial charge in [-0.15, -0.1) is 0 Å². The van der Waals surface area contributed by atoms with E-state index < -0.39 is 17.9 Å². The van der Waals surface area contributed by atoms with Crippen LogP contribution >= 0.6 is 0 Å². The number of aliphatic hydroxyl groups excluding tert-OH is 1. The molecule has 0 radical (unpaired) electrons. The van der Waals surface area contributed by atoms with Crippen molar-refractivity contribution in [2.75, 3.05) is 18.0 Å². The Balaban J connectivity index is 1.98. The summed E-state index contributed by atoms with van der Waals surface area (Å²) in [6.07, 6.45) is 0.828. The molecule has 0 saturated carbocycles. The number of fused-ring (bicyclic) bond motifs is 1. The monoisotopic (exact) mass is 318 g/mol. The van der Waals surface area contributed by atoms with Crippen molar-refractivity contribution in [2.24, 2.45) is 5.92 Å². The Kier molecular flexibility index (Phi) is 5.77. The number of carbonyl (C=O) groups excluding carboxylic acids is 2. The summed E-state index contributed by atoms with van der Waals surface area (Å²) < 4.78 is 0. The van der Waals surface area contributed by atoms with E-state index >= 15 is 0 Å². The normalized spacial score (nSPS) is 18.5. The summed E-state index contributed by atoms with van der Waals surface area (Å²) in [5, 5.41) is 12.4. The number of anilines is 1. The van der Waals surface area contributed by atoms with E-state index in [2.05, 4.69) is 12.2 Å². The molecule has 23 heavy (non-hydrogen) atoms. The first-order valence-corrected chi connectivity index (χ1v) is 8.28. The summed E-state index contributed by atoms with van der Waals surface area (Å²) >= 11 is 0. The van der Waals surface area contributed by atoms with Gasteiger partial charge in [-0.25, -0.2) is 0 Å². The highest BCUT2D eigenvalue weighted by molar-refractivity contribution is 6.40. The molecular weight excluding hydrogens is 292 g/mol. The van der Waals surface area contributed by atoms with E-state index in [-0.39, 0.29) is 5.92 Å². The number of hydrogen-bond acceptors (Lipinski definition) is 3. The van der Waals surface area contributed by atoms with Crippen LogP contribution in [0.1, 0.15) is 45.1 Å². The fourth-order valence-corrected chi connectivity index (χ4v) is 2.82. The third kappa shape index (κ3) is 4.10. The molecule has 2 unspecified atom stereocenters. The Morgan fingerprint density at radius 1 is 1.35 bits per heavy atom. The lowest BCUT2D eigenvalue weighted by molar-refractivity contribution is -0.137. The van der Waals surface area contributed by atoms with Gasteiger partial charge in [0.05, 0.1) is 6.10 Å². The molecule has 0 spiro atoms. The molecule has 1 aromatic carbocycles. The topological polar surface area (TPSA) is 69.6 Å². The fraction of sp³-hybridized carbons (Fsp3) is 0.556. The molecule has 0 fully saturated rings. The number of benzene rings is 1. The first-order valence-electron chi connectivity index (χ1n) is 8.28.